The molecule has 72 valence electrons. The van der Waals surface area contributed by atoms with Crippen molar-refractivity contribution in [1.82, 2.24) is 0 Å². The lowest BCUT2D eigenvalue weighted by atomic mass is 10.1. The second-order valence-electron chi connectivity index (χ2n) is 2.86. The van der Waals surface area contributed by atoms with Crippen LogP contribution in [0.5, 0.6) is 5.75 Å². The first-order chi connectivity index (χ1) is 6.25. The van der Waals surface area contributed by atoms with Crippen LogP contribution >= 0.6 is 0 Å². The van der Waals surface area contributed by atoms with Gasteiger partial charge in [0.1, 0.15) is 19.0 Å². The average Bonchev–Trinajstić information content (AvgIpc) is 2.15. The molecule has 2 N–H and O–H groups in total. The highest BCUT2D eigenvalue weighted by atomic mass is 19.1. The van der Waals surface area contributed by atoms with Crippen molar-refractivity contribution in [2.45, 2.75) is 13.0 Å². The zero-order valence-corrected chi connectivity index (χ0v) is 7.66. The second kappa shape index (κ2) is 4.82. The molecule has 0 aromatic heterocycles. The van der Waals surface area contributed by atoms with Crippen LogP contribution in [-0.4, -0.2) is 13.3 Å². The molecule has 0 saturated carbocycles. The maximum atomic E-state index is 11.9. The normalized spacial score (nSPS) is 12.5. The van der Waals surface area contributed by atoms with Gasteiger partial charge >= 0.3 is 0 Å². The van der Waals surface area contributed by atoms with Gasteiger partial charge in [-0.05, 0) is 13.0 Å². The van der Waals surface area contributed by atoms with Gasteiger partial charge in [-0.25, -0.2) is 4.39 Å². The van der Waals surface area contributed by atoms with Gasteiger partial charge in [-0.2, -0.15) is 0 Å². The summed E-state index contributed by atoms with van der Waals surface area (Å²) in [6.07, 6.45) is 0. The molecule has 0 heterocycles. The molecule has 1 aromatic rings. The minimum atomic E-state index is -0.479. The fraction of sp³-hybridized carbons (Fsp3) is 0.400. The van der Waals surface area contributed by atoms with Gasteiger partial charge in [-0.1, -0.05) is 18.2 Å². The number of hydrogen-bond acceptors (Lipinski definition) is 2. The molecule has 0 fully saturated rings. The summed E-state index contributed by atoms with van der Waals surface area (Å²) in [6.45, 7) is 1.48. The van der Waals surface area contributed by atoms with Crippen molar-refractivity contribution in [3.8, 4) is 5.75 Å². The van der Waals surface area contributed by atoms with Gasteiger partial charge in [0, 0.05) is 11.6 Å². The fourth-order valence-corrected chi connectivity index (χ4v) is 1.14. The third-order valence-electron chi connectivity index (χ3n) is 1.74. The van der Waals surface area contributed by atoms with Gasteiger partial charge in [0.05, 0.1) is 0 Å². The third kappa shape index (κ3) is 2.70. The number of rotatable bonds is 4. The molecule has 0 bridgehead atoms. The molecular formula is C10H14FNO. The van der Waals surface area contributed by atoms with E-state index in [0.717, 1.165) is 5.56 Å². The van der Waals surface area contributed by atoms with Crippen molar-refractivity contribution in [2.75, 3.05) is 13.3 Å². The van der Waals surface area contributed by atoms with Crippen molar-refractivity contribution < 1.29 is 9.13 Å². The topological polar surface area (TPSA) is 35.2 Å². The van der Waals surface area contributed by atoms with Crippen LogP contribution in [0.15, 0.2) is 24.3 Å². The molecule has 0 aliphatic rings. The Balaban J connectivity index is 2.78. The summed E-state index contributed by atoms with van der Waals surface area (Å²) in [4.78, 5) is 0. The Labute approximate surface area is 77.5 Å². The van der Waals surface area contributed by atoms with Crippen molar-refractivity contribution in [2.24, 2.45) is 5.73 Å². The number of para-hydroxylation sites is 1. The van der Waals surface area contributed by atoms with Gasteiger partial charge in [0.2, 0.25) is 0 Å². The summed E-state index contributed by atoms with van der Waals surface area (Å²) >= 11 is 0. The highest BCUT2D eigenvalue weighted by molar-refractivity contribution is 5.35. The lowest BCUT2D eigenvalue weighted by molar-refractivity contribution is 0.270. The Morgan fingerprint density at radius 1 is 1.46 bits per heavy atom. The maximum Gasteiger partial charge on any atom is 0.124 e. The van der Waals surface area contributed by atoms with Gasteiger partial charge in [0.15, 0.2) is 0 Å². The maximum absolute atomic E-state index is 11.9. The zero-order valence-electron chi connectivity index (χ0n) is 7.66. The molecule has 0 saturated heterocycles. The molecule has 2 nitrogen and oxygen atoms in total. The third-order valence-corrected chi connectivity index (χ3v) is 1.74. The Bertz CT molecular complexity index is 263. The van der Waals surface area contributed by atoms with Crippen LogP contribution in [0.1, 0.15) is 18.5 Å². The monoisotopic (exact) mass is 183 g/mol. The molecule has 0 spiro atoms. The van der Waals surface area contributed by atoms with Gasteiger partial charge in [-0.3, -0.25) is 0 Å². The molecule has 0 amide bonds. The quantitative estimate of drug-likeness (QED) is 0.775. The minimum Gasteiger partial charge on any atom is -0.491 e. The van der Waals surface area contributed by atoms with E-state index >= 15 is 0 Å². The van der Waals surface area contributed by atoms with Crippen LogP contribution in [0.2, 0.25) is 0 Å². The van der Waals surface area contributed by atoms with Crippen LogP contribution in [-0.2, 0) is 0 Å². The Hall–Kier alpha value is -1.09. The van der Waals surface area contributed by atoms with Crippen LogP contribution in [0.3, 0.4) is 0 Å². The lowest BCUT2D eigenvalue weighted by Gasteiger charge is -2.12. The first-order valence-corrected chi connectivity index (χ1v) is 4.29. The number of nitrogens with two attached hydrogens (primary N) is 1. The van der Waals surface area contributed by atoms with Crippen molar-refractivity contribution in [3.05, 3.63) is 29.8 Å². The van der Waals surface area contributed by atoms with Crippen LogP contribution < -0.4 is 10.5 Å². The summed E-state index contributed by atoms with van der Waals surface area (Å²) in [6, 6.07) is 7.34. The van der Waals surface area contributed by atoms with Crippen LogP contribution in [0.25, 0.3) is 0 Å². The molecule has 3 heteroatoms. The van der Waals surface area contributed by atoms with E-state index in [9.17, 15) is 4.39 Å². The van der Waals surface area contributed by atoms with Gasteiger partial charge in [0.25, 0.3) is 0 Å². The predicted molar refractivity (Wildman–Crippen MR) is 50.5 cm³/mol. The molecule has 0 unspecified atom stereocenters. The van der Waals surface area contributed by atoms with E-state index in [1.54, 1.807) is 6.07 Å². The van der Waals surface area contributed by atoms with Crippen LogP contribution in [0, 0.1) is 0 Å². The van der Waals surface area contributed by atoms with Crippen molar-refractivity contribution >= 4 is 0 Å². The first kappa shape index (κ1) is 9.99. The zero-order chi connectivity index (χ0) is 9.68. The number of ether oxygens (including phenoxy) is 1. The second-order valence-corrected chi connectivity index (χ2v) is 2.86. The molecule has 1 rings (SSSR count). The van der Waals surface area contributed by atoms with E-state index in [-0.39, 0.29) is 12.6 Å². The van der Waals surface area contributed by atoms with E-state index in [0.29, 0.717) is 5.75 Å². The summed E-state index contributed by atoms with van der Waals surface area (Å²) in [7, 11) is 0. The number of halogens is 1. The summed E-state index contributed by atoms with van der Waals surface area (Å²) in [5.41, 5.74) is 6.63. The summed E-state index contributed by atoms with van der Waals surface area (Å²) < 4.78 is 17.0. The molecule has 1 atom stereocenters. The standard InChI is InChI=1S/C10H14FNO/c1-8(12)9-4-2-3-5-10(9)13-7-6-11/h2-5,8H,6-7,12H2,1H3/t8-/m0/s1. The highest BCUT2D eigenvalue weighted by Crippen LogP contribution is 2.22. The first-order valence-electron chi connectivity index (χ1n) is 4.29. The molecule has 1 aromatic carbocycles. The fourth-order valence-electron chi connectivity index (χ4n) is 1.14. The smallest absolute Gasteiger partial charge is 0.124 e. The average molecular weight is 183 g/mol. The molecule has 13 heavy (non-hydrogen) atoms. The molecular weight excluding hydrogens is 169 g/mol. The molecule has 0 aliphatic carbocycles. The summed E-state index contributed by atoms with van der Waals surface area (Å²) in [5, 5.41) is 0. The van der Waals surface area contributed by atoms with Gasteiger partial charge in [-0.15, -0.1) is 0 Å². The Kier molecular flexibility index (Phi) is 3.71. The SMILES string of the molecule is C[C@H](N)c1ccccc1OCCF. The number of benzene rings is 1. The highest BCUT2D eigenvalue weighted by Gasteiger charge is 2.06. The Morgan fingerprint density at radius 2 is 2.15 bits per heavy atom. The van der Waals surface area contributed by atoms with E-state index in [1.807, 2.05) is 25.1 Å². The van der Waals surface area contributed by atoms with E-state index in [2.05, 4.69) is 0 Å². The van der Waals surface area contributed by atoms with Crippen LogP contribution in [0.4, 0.5) is 4.39 Å². The molecule has 0 radical (unpaired) electrons. The van der Waals surface area contributed by atoms with Gasteiger partial charge < -0.3 is 10.5 Å². The number of alkyl halides is 1. The van der Waals surface area contributed by atoms with E-state index in [4.69, 9.17) is 10.5 Å². The van der Waals surface area contributed by atoms with E-state index < -0.39 is 6.67 Å². The van der Waals surface area contributed by atoms with E-state index in [1.165, 1.54) is 0 Å². The number of hydrogen-bond donors (Lipinski definition) is 1. The summed E-state index contributed by atoms with van der Waals surface area (Å²) in [5.74, 6) is 0.676. The largest absolute Gasteiger partial charge is 0.491 e. The Morgan fingerprint density at radius 3 is 2.77 bits per heavy atom. The minimum absolute atomic E-state index is 0.0870. The predicted octanol–water partition coefficient (Wildman–Crippen LogP) is 2.05. The molecule has 0 aliphatic heterocycles. The lowest BCUT2D eigenvalue weighted by Crippen LogP contribution is -2.08. The van der Waals surface area contributed by atoms with Crippen molar-refractivity contribution in [1.29, 1.82) is 0 Å². The van der Waals surface area contributed by atoms with Crippen molar-refractivity contribution in [3.63, 3.8) is 0 Å².